The number of pyridine rings is 1. The van der Waals surface area contributed by atoms with E-state index in [9.17, 15) is 9.59 Å². The second-order valence-electron chi connectivity index (χ2n) is 7.07. The molecule has 0 aromatic carbocycles. The Kier molecular flexibility index (Phi) is 6.57. The van der Waals surface area contributed by atoms with Gasteiger partial charge in [0.05, 0.1) is 12.2 Å². The second-order valence-corrected chi connectivity index (χ2v) is 7.07. The molecule has 3 heterocycles. The number of likely N-dealkylation sites (tertiary alicyclic amines) is 1. The lowest BCUT2D eigenvalue weighted by Crippen LogP contribution is -2.46. The largest absolute Gasteiger partial charge is 0.342 e. The first-order valence-corrected chi connectivity index (χ1v) is 9.52. The van der Waals surface area contributed by atoms with E-state index in [4.69, 9.17) is 0 Å². The van der Waals surface area contributed by atoms with Crippen LogP contribution >= 0.6 is 0 Å². The summed E-state index contributed by atoms with van der Waals surface area (Å²) in [6, 6.07) is 3.89. The first-order chi connectivity index (χ1) is 13.1. The number of aryl methyl sites for hydroxylation is 1. The third kappa shape index (κ3) is 5.39. The Morgan fingerprint density at radius 3 is 2.74 bits per heavy atom. The number of imidazole rings is 1. The average Bonchev–Trinajstić information content (AvgIpc) is 3.21. The Hall–Kier alpha value is -2.70. The number of amides is 2. The van der Waals surface area contributed by atoms with Crippen molar-refractivity contribution in [3.05, 3.63) is 48.8 Å². The van der Waals surface area contributed by atoms with Gasteiger partial charge in [-0.25, -0.2) is 4.98 Å². The molecule has 1 atom stereocenters. The van der Waals surface area contributed by atoms with Crippen LogP contribution in [0.3, 0.4) is 0 Å². The van der Waals surface area contributed by atoms with Gasteiger partial charge in [0, 0.05) is 64.4 Å². The van der Waals surface area contributed by atoms with Gasteiger partial charge < -0.3 is 14.4 Å². The van der Waals surface area contributed by atoms with Crippen molar-refractivity contribution in [3.8, 4) is 0 Å². The molecule has 144 valence electrons. The third-order valence-corrected chi connectivity index (χ3v) is 5.05. The summed E-state index contributed by atoms with van der Waals surface area (Å²) in [4.78, 5) is 36.8. The zero-order valence-corrected chi connectivity index (χ0v) is 15.8. The van der Waals surface area contributed by atoms with Crippen molar-refractivity contribution in [2.75, 3.05) is 19.6 Å². The number of carbonyl (C=O) groups is 2. The molecular formula is C20H27N5O2. The van der Waals surface area contributed by atoms with Crippen LogP contribution in [0, 0.1) is 5.92 Å². The number of carbonyl (C=O) groups excluding carboxylic acids is 2. The maximum Gasteiger partial charge on any atom is 0.227 e. The number of nitrogens with zero attached hydrogens (tertiary/aromatic N) is 5. The molecule has 1 fully saturated rings. The number of hydrogen-bond acceptors (Lipinski definition) is 4. The first-order valence-electron chi connectivity index (χ1n) is 9.52. The summed E-state index contributed by atoms with van der Waals surface area (Å²) in [5.41, 5.74) is 1.07. The molecule has 0 saturated carbocycles. The van der Waals surface area contributed by atoms with E-state index in [0.717, 1.165) is 37.9 Å². The van der Waals surface area contributed by atoms with Crippen molar-refractivity contribution < 1.29 is 9.59 Å². The van der Waals surface area contributed by atoms with Crippen LogP contribution in [0.15, 0.2) is 43.2 Å². The normalized spacial score (nSPS) is 16.9. The topological polar surface area (TPSA) is 71.3 Å². The zero-order chi connectivity index (χ0) is 19.1. The molecule has 7 heteroatoms. The molecule has 27 heavy (non-hydrogen) atoms. The minimum atomic E-state index is -0.113. The molecular weight excluding hydrogens is 342 g/mol. The van der Waals surface area contributed by atoms with Gasteiger partial charge in [-0.05, 0) is 37.0 Å². The van der Waals surface area contributed by atoms with Crippen LogP contribution in [0.25, 0.3) is 0 Å². The Morgan fingerprint density at radius 2 is 2.04 bits per heavy atom. The minimum absolute atomic E-state index is 0.0493. The average molecular weight is 369 g/mol. The summed E-state index contributed by atoms with van der Waals surface area (Å²) >= 11 is 0. The van der Waals surface area contributed by atoms with E-state index in [1.54, 1.807) is 36.7 Å². The van der Waals surface area contributed by atoms with Gasteiger partial charge in [-0.1, -0.05) is 0 Å². The molecule has 0 aliphatic carbocycles. The molecule has 1 aliphatic rings. The fourth-order valence-corrected chi connectivity index (χ4v) is 3.56. The fourth-order valence-electron chi connectivity index (χ4n) is 3.56. The van der Waals surface area contributed by atoms with Crippen LogP contribution in [-0.2, 0) is 22.7 Å². The van der Waals surface area contributed by atoms with Crippen molar-refractivity contribution in [2.24, 2.45) is 5.92 Å². The van der Waals surface area contributed by atoms with Gasteiger partial charge in [-0.2, -0.15) is 0 Å². The Bertz CT molecular complexity index is 732. The van der Waals surface area contributed by atoms with Gasteiger partial charge in [0.2, 0.25) is 11.8 Å². The van der Waals surface area contributed by atoms with Gasteiger partial charge >= 0.3 is 0 Å². The molecule has 1 saturated heterocycles. The molecule has 0 bridgehead atoms. The maximum absolute atomic E-state index is 13.2. The molecule has 0 spiro atoms. The first kappa shape index (κ1) is 19.1. The molecule has 0 radical (unpaired) electrons. The quantitative estimate of drug-likeness (QED) is 0.748. The predicted molar refractivity (Wildman–Crippen MR) is 101 cm³/mol. The number of rotatable bonds is 7. The summed E-state index contributed by atoms with van der Waals surface area (Å²) in [6.45, 7) is 4.93. The van der Waals surface area contributed by atoms with Gasteiger partial charge in [0.1, 0.15) is 0 Å². The second kappa shape index (κ2) is 9.30. The molecule has 0 N–H and O–H groups in total. The third-order valence-electron chi connectivity index (χ3n) is 5.05. The van der Waals surface area contributed by atoms with Crippen molar-refractivity contribution in [2.45, 2.75) is 39.3 Å². The standard InChI is InChI=1S/C20H27N5O2/c1-17(26)24-11-2-4-19(15-24)20(27)25(14-18-5-7-21-8-6-18)12-3-10-23-13-9-22-16-23/h5-9,13,16,19H,2-4,10-12,14-15H2,1H3/t19-/m0/s1. The van der Waals surface area contributed by atoms with Crippen LogP contribution in [0.1, 0.15) is 31.7 Å². The monoisotopic (exact) mass is 369 g/mol. The predicted octanol–water partition coefficient (Wildman–Crippen LogP) is 1.96. The Morgan fingerprint density at radius 1 is 1.22 bits per heavy atom. The minimum Gasteiger partial charge on any atom is -0.342 e. The lowest BCUT2D eigenvalue weighted by atomic mass is 9.96. The highest BCUT2D eigenvalue weighted by atomic mass is 16.2. The molecule has 3 rings (SSSR count). The van der Waals surface area contributed by atoms with Gasteiger partial charge in [0.15, 0.2) is 0 Å². The summed E-state index contributed by atoms with van der Waals surface area (Å²) in [6.07, 6.45) is 11.6. The smallest absolute Gasteiger partial charge is 0.227 e. The summed E-state index contributed by atoms with van der Waals surface area (Å²) in [5, 5.41) is 0. The lowest BCUT2D eigenvalue weighted by Gasteiger charge is -2.34. The summed E-state index contributed by atoms with van der Waals surface area (Å²) in [7, 11) is 0. The SMILES string of the molecule is CC(=O)N1CCC[C@H](C(=O)N(CCCn2ccnc2)Cc2ccncc2)C1. The number of aromatic nitrogens is 3. The molecule has 7 nitrogen and oxygen atoms in total. The molecule has 0 unspecified atom stereocenters. The van der Waals surface area contributed by atoms with Crippen LogP contribution < -0.4 is 0 Å². The molecule has 2 aromatic heterocycles. The molecule has 1 aliphatic heterocycles. The lowest BCUT2D eigenvalue weighted by molar-refractivity contribution is -0.140. The maximum atomic E-state index is 13.2. The van der Waals surface area contributed by atoms with Gasteiger partial charge in [0.25, 0.3) is 0 Å². The fraction of sp³-hybridized carbons (Fsp3) is 0.500. The van der Waals surface area contributed by atoms with E-state index < -0.39 is 0 Å². The van der Waals surface area contributed by atoms with Crippen molar-refractivity contribution in [3.63, 3.8) is 0 Å². The van der Waals surface area contributed by atoms with Gasteiger partial charge in [-0.3, -0.25) is 14.6 Å². The van der Waals surface area contributed by atoms with E-state index in [-0.39, 0.29) is 17.7 Å². The van der Waals surface area contributed by atoms with Crippen molar-refractivity contribution in [1.82, 2.24) is 24.3 Å². The van der Waals surface area contributed by atoms with Crippen LogP contribution in [0.4, 0.5) is 0 Å². The highest BCUT2D eigenvalue weighted by molar-refractivity contribution is 5.80. The zero-order valence-electron chi connectivity index (χ0n) is 15.8. The number of hydrogen-bond donors (Lipinski definition) is 0. The van der Waals surface area contributed by atoms with E-state index in [1.807, 2.05) is 27.8 Å². The van der Waals surface area contributed by atoms with Crippen molar-refractivity contribution >= 4 is 11.8 Å². The summed E-state index contributed by atoms with van der Waals surface area (Å²) in [5.74, 6) is 0.0782. The van der Waals surface area contributed by atoms with Crippen LogP contribution in [0.2, 0.25) is 0 Å². The van der Waals surface area contributed by atoms with Crippen LogP contribution in [-0.4, -0.2) is 55.8 Å². The Balaban J connectivity index is 1.65. The van der Waals surface area contributed by atoms with Crippen molar-refractivity contribution in [1.29, 1.82) is 0 Å². The van der Waals surface area contributed by atoms with E-state index >= 15 is 0 Å². The molecule has 2 aromatic rings. The highest BCUT2D eigenvalue weighted by Crippen LogP contribution is 2.20. The highest BCUT2D eigenvalue weighted by Gasteiger charge is 2.30. The van der Waals surface area contributed by atoms with E-state index in [2.05, 4.69) is 9.97 Å². The van der Waals surface area contributed by atoms with E-state index in [1.165, 1.54) is 0 Å². The van der Waals surface area contributed by atoms with Gasteiger partial charge in [-0.15, -0.1) is 0 Å². The molecule has 2 amide bonds. The van der Waals surface area contributed by atoms with E-state index in [0.29, 0.717) is 19.6 Å². The number of piperidine rings is 1. The Labute approximate surface area is 160 Å². The van der Waals surface area contributed by atoms with Crippen LogP contribution in [0.5, 0.6) is 0 Å². The summed E-state index contributed by atoms with van der Waals surface area (Å²) < 4.78 is 2.02.